The van der Waals surface area contributed by atoms with Crippen molar-refractivity contribution in [3.63, 3.8) is 0 Å². The van der Waals surface area contributed by atoms with Crippen molar-refractivity contribution in [1.82, 2.24) is 20.5 Å². The van der Waals surface area contributed by atoms with Crippen molar-refractivity contribution in [2.45, 2.75) is 50.5 Å². The molecule has 2 fully saturated rings. The van der Waals surface area contributed by atoms with Crippen LogP contribution in [-0.4, -0.2) is 66.3 Å². The van der Waals surface area contributed by atoms with Crippen molar-refractivity contribution in [2.75, 3.05) is 33.4 Å². The van der Waals surface area contributed by atoms with Gasteiger partial charge in [0.05, 0.1) is 36.1 Å². The van der Waals surface area contributed by atoms with Crippen molar-refractivity contribution >= 4 is 16.8 Å². The van der Waals surface area contributed by atoms with Gasteiger partial charge >= 0.3 is 6.18 Å². The van der Waals surface area contributed by atoms with E-state index in [1.165, 1.54) is 6.07 Å². The van der Waals surface area contributed by atoms with Crippen LogP contribution in [-0.2, 0) is 12.7 Å². The number of hydrogen-bond donors (Lipinski definition) is 3. The molecule has 7 nitrogen and oxygen atoms in total. The molecule has 1 saturated carbocycles. The Morgan fingerprint density at radius 2 is 1.87 bits per heavy atom. The second-order valence-electron chi connectivity index (χ2n) is 10.3. The lowest BCUT2D eigenvalue weighted by Crippen LogP contribution is -2.43. The number of pyridine rings is 1. The Balaban J connectivity index is 1.63. The van der Waals surface area contributed by atoms with Gasteiger partial charge in [-0.3, -0.25) is 9.69 Å². The summed E-state index contributed by atoms with van der Waals surface area (Å²) in [6.07, 6.45) is -0.977. The van der Waals surface area contributed by atoms with E-state index >= 15 is 0 Å². The molecule has 2 heterocycles. The van der Waals surface area contributed by atoms with E-state index in [0.29, 0.717) is 52.1 Å². The highest BCUT2D eigenvalue weighted by atomic mass is 19.4. The van der Waals surface area contributed by atoms with E-state index in [1.54, 1.807) is 31.4 Å². The number of nitrogens with zero attached hydrogens (tertiary/aromatic N) is 2. The first-order valence-corrected chi connectivity index (χ1v) is 13.3. The maximum absolute atomic E-state index is 13.7. The molecule has 0 unspecified atom stereocenters. The fourth-order valence-corrected chi connectivity index (χ4v) is 5.18. The van der Waals surface area contributed by atoms with E-state index < -0.39 is 11.7 Å². The monoisotopic (exact) mass is 542 g/mol. The SMILES string of the molecule is COc1ccc2nc(-c3cccc(C(F)(F)F)c3)c(CN3CCC(NCCO)CC3)c(C(=O)NC3CC3)c2c1. The summed E-state index contributed by atoms with van der Waals surface area (Å²) in [5, 5.41) is 16.2. The smallest absolute Gasteiger partial charge is 0.416 e. The van der Waals surface area contributed by atoms with Gasteiger partial charge in [0, 0.05) is 41.7 Å². The van der Waals surface area contributed by atoms with Crippen molar-refractivity contribution < 1.29 is 27.8 Å². The third kappa shape index (κ3) is 6.34. The van der Waals surface area contributed by atoms with Gasteiger partial charge in [-0.05, 0) is 69.1 Å². The molecule has 2 aromatic carbocycles. The van der Waals surface area contributed by atoms with Gasteiger partial charge in [0.15, 0.2) is 0 Å². The Morgan fingerprint density at radius 1 is 1.10 bits per heavy atom. The summed E-state index contributed by atoms with van der Waals surface area (Å²) in [6.45, 7) is 2.46. The number of methoxy groups -OCH3 is 1. The molecule has 1 aliphatic heterocycles. The van der Waals surface area contributed by atoms with Gasteiger partial charge in [-0.15, -0.1) is 0 Å². The van der Waals surface area contributed by atoms with E-state index in [9.17, 15) is 18.0 Å². The van der Waals surface area contributed by atoms with E-state index in [0.717, 1.165) is 50.9 Å². The number of fused-ring (bicyclic) bond motifs is 1. The quantitative estimate of drug-likeness (QED) is 0.373. The number of ether oxygens (including phenoxy) is 1. The first kappa shape index (κ1) is 27.4. The van der Waals surface area contributed by atoms with Crippen LogP contribution in [0.15, 0.2) is 42.5 Å². The van der Waals surface area contributed by atoms with E-state index in [1.807, 2.05) is 0 Å². The number of rotatable bonds is 9. The summed E-state index contributed by atoms with van der Waals surface area (Å²) in [5.41, 5.74) is 1.48. The maximum atomic E-state index is 13.7. The molecule has 2 aliphatic rings. The van der Waals surface area contributed by atoms with Crippen molar-refractivity contribution in [3.8, 4) is 17.0 Å². The fraction of sp³-hybridized carbons (Fsp3) is 0.448. The van der Waals surface area contributed by atoms with Gasteiger partial charge in [0.1, 0.15) is 5.75 Å². The van der Waals surface area contributed by atoms with Crippen molar-refractivity contribution in [2.24, 2.45) is 0 Å². The largest absolute Gasteiger partial charge is 0.497 e. The highest BCUT2D eigenvalue weighted by Crippen LogP contribution is 2.37. The van der Waals surface area contributed by atoms with Crippen molar-refractivity contribution in [3.05, 3.63) is 59.2 Å². The molecule has 1 amide bonds. The number of amides is 1. The number of likely N-dealkylation sites (tertiary alicyclic amines) is 1. The minimum absolute atomic E-state index is 0.0756. The number of alkyl halides is 3. The number of halogens is 3. The lowest BCUT2D eigenvalue weighted by atomic mass is 9.93. The van der Waals surface area contributed by atoms with Gasteiger partial charge in [-0.25, -0.2) is 4.98 Å². The molecule has 0 atom stereocenters. The molecule has 1 saturated heterocycles. The van der Waals surface area contributed by atoms with Gasteiger partial charge in [0.25, 0.3) is 5.91 Å². The zero-order valence-electron chi connectivity index (χ0n) is 21.9. The average Bonchev–Trinajstić information content (AvgIpc) is 3.75. The Labute approximate surface area is 225 Å². The van der Waals surface area contributed by atoms with Gasteiger partial charge in [-0.1, -0.05) is 12.1 Å². The molecule has 208 valence electrons. The number of nitrogens with one attached hydrogen (secondary N) is 2. The van der Waals surface area contributed by atoms with Crippen LogP contribution >= 0.6 is 0 Å². The topological polar surface area (TPSA) is 86.7 Å². The molecule has 3 aromatic rings. The lowest BCUT2D eigenvalue weighted by Gasteiger charge is -2.33. The maximum Gasteiger partial charge on any atom is 0.416 e. The Kier molecular flexibility index (Phi) is 8.06. The van der Waals surface area contributed by atoms with Crippen LogP contribution in [0.5, 0.6) is 5.75 Å². The summed E-state index contributed by atoms with van der Waals surface area (Å²) in [5.74, 6) is 0.319. The number of piperidine rings is 1. The normalized spacial score (nSPS) is 16.9. The molecule has 3 N–H and O–H groups in total. The predicted octanol–water partition coefficient (Wildman–Crippen LogP) is 4.37. The summed E-state index contributed by atoms with van der Waals surface area (Å²) < 4.78 is 46.4. The van der Waals surface area contributed by atoms with Crippen LogP contribution in [0.2, 0.25) is 0 Å². The van der Waals surface area contributed by atoms with E-state index in [2.05, 4.69) is 15.5 Å². The number of hydrogen-bond acceptors (Lipinski definition) is 6. The van der Waals surface area contributed by atoms with Crippen LogP contribution in [0.3, 0.4) is 0 Å². The first-order valence-electron chi connectivity index (χ1n) is 13.3. The molecule has 0 spiro atoms. The molecule has 0 bridgehead atoms. The number of carbonyl (C=O) groups is 1. The second kappa shape index (κ2) is 11.5. The molecule has 5 rings (SSSR count). The summed E-state index contributed by atoms with van der Waals surface area (Å²) in [7, 11) is 1.55. The predicted molar refractivity (Wildman–Crippen MR) is 143 cm³/mol. The molecule has 10 heteroatoms. The van der Waals surface area contributed by atoms with Gasteiger partial charge in [-0.2, -0.15) is 13.2 Å². The van der Waals surface area contributed by atoms with Crippen LogP contribution in [0, 0.1) is 0 Å². The highest BCUT2D eigenvalue weighted by molar-refractivity contribution is 6.09. The van der Waals surface area contributed by atoms with E-state index in [4.69, 9.17) is 14.8 Å². The summed E-state index contributed by atoms with van der Waals surface area (Å²) >= 11 is 0. The van der Waals surface area contributed by atoms with Crippen LogP contribution in [0.4, 0.5) is 13.2 Å². The van der Waals surface area contributed by atoms with Crippen LogP contribution in [0.1, 0.15) is 47.2 Å². The molecular formula is C29H33F3N4O3. The minimum atomic E-state index is -4.50. The average molecular weight is 543 g/mol. The Bertz CT molecular complexity index is 1340. The molecule has 39 heavy (non-hydrogen) atoms. The molecule has 1 aliphatic carbocycles. The lowest BCUT2D eigenvalue weighted by molar-refractivity contribution is -0.137. The second-order valence-corrected chi connectivity index (χ2v) is 10.3. The minimum Gasteiger partial charge on any atom is -0.497 e. The van der Waals surface area contributed by atoms with Crippen LogP contribution < -0.4 is 15.4 Å². The first-order chi connectivity index (χ1) is 18.8. The van der Waals surface area contributed by atoms with Crippen LogP contribution in [0.25, 0.3) is 22.2 Å². The number of aliphatic hydroxyl groups excluding tert-OH is 1. The summed E-state index contributed by atoms with van der Waals surface area (Å²) in [4.78, 5) is 20.8. The number of aromatic nitrogens is 1. The van der Waals surface area contributed by atoms with Gasteiger partial charge < -0.3 is 20.5 Å². The third-order valence-corrected chi connectivity index (χ3v) is 7.41. The standard InChI is InChI=1S/C29H33F3N4O3/c1-39-22-7-8-25-23(16-22)26(28(38)34-21-5-6-21)24(17-36-12-9-20(10-13-36)33-11-14-37)27(35-25)18-3-2-4-19(15-18)29(30,31)32/h2-4,7-8,15-16,20-21,33,37H,5-6,9-14,17H2,1H3,(H,34,38). The van der Waals surface area contributed by atoms with Crippen molar-refractivity contribution in [1.29, 1.82) is 0 Å². The summed E-state index contributed by atoms with van der Waals surface area (Å²) in [6, 6.07) is 10.8. The fourth-order valence-electron chi connectivity index (χ4n) is 5.18. The molecule has 1 aromatic heterocycles. The number of carbonyl (C=O) groups excluding carboxylic acids is 1. The molecule has 0 radical (unpaired) electrons. The third-order valence-electron chi connectivity index (χ3n) is 7.41. The van der Waals surface area contributed by atoms with Gasteiger partial charge in [0.2, 0.25) is 0 Å². The Hall–Kier alpha value is -3.21. The number of benzene rings is 2. The molecular weight excluding hydrogens is 509 g/mol. The zero-order valence-corrected chi connectivity index (χ0v) is 21.9. The highest BCUT2D eigenvalue weighted by Gasteiger charge is 2.32. The Morgan fingerprint density at radius 3 is 2.54 bits per heavy atom. The number of aliphatic hydroxyl groups is 1. The van der Waals surface area contributed by atoms with E-state index in [-0.39, 0.29) is 24.6 Å². The zero-order chi connectivity index (χ0) is 27.6.